The Labute approximate surface area is 317 Å². The van der Waals surface area contributed by atoms with Crippen LogP contribution < -0.4 is 15.4 Å². The van der Waals surface area contributed by atoms with Gasteiger partial charge in [0.2, 0.25) is 11.8 Å². The molecule has 2 aliphatic rings. The topological polar surface area (TPSA) is 127 Å². The van der Waals surface area contributed by atoms with Crippen LogP contribution in [0.15, 0.2) is 64.8 Å². The average molecular weight is 895 g/mol. The van der Waals surface area contributed by atoms with Crippen LogP contribution in [0, 0.1) is 5.92 Å². The third kappa shape index (κ3) is 8.67. The summed E-state index contributed by atoms with van der Waals surface area (Å²) < 4.78 is 14.9. The van der Waals surface area contributed by atoms with Crippen LogP contribution in [0.4, 0.5) is 10.8 Å². The number of likely N-dealkylation sites (tertiary alicyclic amines) is 1. The zero-order chi connectivity index (χ0) is 34.9. The fourth-order valence-corrected chi connectivity index (χ4v) is 8.88. The molecule has 15 heteroatoms. The van der Waals surface area contributed by atoms with Gasteiger partial charge >= 0.3 is 0 Å². The van der Waals surface area contributed by atoms with Gasteiger partial charge in [-0.25, -0.2) is 9.97 Å². The van der Waals surface area contributed by atoms with Gasteiger partial charge in [0.25, 0.3) is 11.8 Å². The highest BCUT2D eigenvalue weighted by molar-refractivity contribution is 9.11. The Morgan fingerprint density at radius 1 is 1.12 bits per heavy atom. The molecule has 10 nitrogen and oxygen atoms in total. The fourth-order valence-electron chi connectivity index (χ4n) is 5.34. The summed E-state index contributed by atoms with van der Waals surface area (Å²) in [6.07, 6.45) is 6.43. The summed E-state index contributed by atoms with van der Waals surface area (Å²) in [5.41, 5.74) is 2.82. The second-order valence-electron chi connectivity index (χ2n) is 12.6. The molecule has 2 aromatic heterocycles. The molecule has 4 heterocycles. The van der Waals surface area contributed by atoms with E-state index in [9.17, 15) is 14.4 Å². The Bertz CT molecular complexity index is 1920. The third-order valence-electron chi connectivity index (χ3n) is 8.00. The maximum absolute atomic E-state index is 13.0. The maximum atomic E-state index is 13.0. The van der Waals surface area contributed by atoms with Crippen LogP contribution in [0.2, 0.25) is 0 Å². The van der Waals surface area contributed by atoms with Crippen LogP contribution in [0.5, 0.6) is 5.75 Å². The Balaban J connectivity index is 0.969. The van der Waals surface area contributed by atoms with Crippen LogP contribution in [-0.2, 0) is 25.6 Å². The molecule has 2 N–H and O–H groups in total. The van der Waals surface area contributed by atoms with Crippen molar-refractivity contribution in [3.63, 3.8) is 0 Å². The van der Waals surface area contributed by atoms with E-state index >= 15 is 0 Å². The molecule has 49 heavy (non-hydrogen) atoms. The number of piperidine rings is 1. The molecule has 6 rings (SSSR count). The second-order valence-corrected chi connectivity index (χ2v) is 17.5. The minimum absolute atomic E-state index is 0.0918. The summed E-state index contributed by atoms with van der Waals surface area (Å²) in [5, 5.41) is 6.37. The molecule has 3 amide bonds. The summed E-state index contributed by atoms with van der Waals surface area (Å²) in [6, 6.07) is 9.33. The molecule has 0 radical (unpaired) electrons. The van der Waals surface area contributed by atoms with Gasteiger partial charge < -0.3 is 24.7 Å². The number of nitrogens with one attached hydrogen (secondary N) is 2. The van der Waals surface area contributed by atoms with Crippen molar-refractivity contribution in [3.05, 3.63) is 78.9 Å². The number of carbonyl (C=O) groups excluding carboxylic acids is 3. The Morgan fingerprint density at radius 2 is 1.86 bits per heavy atom. The number of halogens is 3. The van der Waals surface area contributed by atoms with E-state index in [1.807, 2.05) is 36.4 Å². The molecule has 0 saturated carbocycles. The van der Waals surface area contributed by atoms with E-state index in [0.717, 1.165) is 31.3 Å². The van der Waals surface area contributed by atoms with E-state index in [2.05, 4.69) is 89.2 Å². The van der Waals surface area contributed by atoms with Crippen molar-refractivity contribution in [2.75, 3.05) is 30.3 Å². The first kappa shape index (κ1) is 35.8. The Hall–Kier alpha value is -2.98. The minimum Gasteiger partial charge on any atom is -0.481 e. The van der Waals surface area contributed by atoms with Gasteiger partial charge in [0.1, 0.15) is 11.5 Å². The molecule has 1 fully saturated rings. The molecule has 0 aliphatic carbocycles. The first-order chi connectivity index (χ1) is 23.3. The number of rotatable bonds is 9. The minimum atomic E-state index is -0.215. The van der Waals surface area contributed by atoms with Crippen molar-refractivity contribution >= 4 is 111 Å². The molecular formula is C34H32Br3N5O5S2. The molecule has 0 unspecified atom stereocenters. The Morgan fingerprint density at radius 3 is 2.55 bits per heavy atom. The number of hydrogen-bond acceptors (Lipinski definition) is 9. The number of carbonyl (C=O) groups is 3. The van der Waals surface area contributed by atoms with Gasteiger partial charge in [-0.05, 0) is 86.7 Å². The normalized spacial score (nSPS) is 15.8. The van der Waals surface area contributed by atoms with Gasteiger partial charge in [-0.2, -0.15) is 0 Å². The number of hydrogen-bond donors (Lipinski definition) is 2. The highest BCUT2D eigenvalue weighted by Crippen LogP contribution is 2.39. The van der Waals surface area contributed by atoms with Crippen LogP contribution in [0.1, 0.15) is 56.4 Å². The number of thiazole rings is 1. The van der Waals surface area contributed by atoms with Crippen LogP contribution in [0.25, 0.3) is 11.6 Å². The Kier molecular flexibility index (Phi) is 11.0. The van der Waals surface area contributed by atoms with Crippen LogP contribution >= 0.6 is 70.9 Å². The lowest BCUT2D eigenvalue weighted by Gasteiger charge is -2.31. The monoisotopic (exact) mass is 891 g/mol. The zero-order valence-electron chi connectivity index (χ0n) is 26.8. The molecule has 1 saturated heterocycles. The summed E-state index contributed by atoms with van der Waals surface area (Å²) in [5.74, 6) is 1.93. The van der Waals surface area contributed by atoms with Gasteiger partial charge in [-0.3, -0.25) is 14.4 Å². The molecule has 2 aromatic carbocycles. The van der Waals surface area contributed by atoms with Crippen molar-refractivity contribution in [1.82, 2.24) is 14.9 Å². The number of aromatic nitrogens is 2. The van der Waals surface area contributed by atoms with Gasteiger partial charge in [0, 0.05) is 45.7 Å². The first-order valence-electron chi connectivity index (χ1n) is 15.4. The lowest BCUT2D eigenvalue weighted by Crippen LogP contribution is -2.43. The quantitative estimate of drug-likeness (QED) is 0.126. The van der Waals surface area contributed by atoms with Crippen molar-refractivity contribution in [1.29, 1.82) is 0 Å². The van der Waals surface area contributed by atoms with Gasteiger partial charge in [0.05, 0.1) is 31.3 Å². The third-order valence-corrected chi connectivity index (χ3v) is 11.8. The molecule has 2 aliphatic heterocycles. The van der Waals surface area contributed by atoms with E-state index in [1.54, 1.807) is 29.1 Å². The number of ether oxygens (including phenoxy) is 1. The maximum Gasteiger partial charge on any atom is 0.260 e. The lowest BCUT2D eigenvalue weighted by molar-refractivity contribution is -0.136. The molecular weight excluding hydrogens is 862 g/mol. The molecule has 0 atom stereocenters. The number of oxazole rings is 1. The number of amides is 3. The van der Waals surface area contributed by atoms with Crippen molar-refractivity contribution in [3.8, 4) is 5.75 Å². The largest absolute Gasteiger partial charge is 0.481 e. The SMILES string of the molecule is CC(C)(C)c1cnc(CSc2cnc(NC(=O)C3CCN(C(=O)COc4c(Br)cc(/C=C5/C(=O)Nc6ccc(Br)cc65)cc4Br)CC3)s2)o1. The molecule has 4 aromatic rings. The van der Waals surface area contributed by atoms with E-state index in [4.69, 9.17) is 9.15 Å². The van der Waals surface area contributed by atoms with E-state index < -0.39 is 0 Å². The number of fused-ring (bicyclic) bond motifs is 1. The number of nitrogens with zero attached hydrogens (tertiary/aromatic N) is 3. The number of thioether (sulfide) groups is 1. The van der Waals surface area contributed by atoms with Crippen molar-refractivity contribution < 1.29 is 23.5 Å². The van der Waals surface area contributed by atoms with E-state index in [0.29, 0.717) is 63.0 Å². The smallest absolute Gasteiger partial charge is 0.260 e. The van der Waals surface area contributed by atoms with Crippen molar-refractivity contribution in [2.24, 2.45) is 5.92 Å². The fraction of sp³-hybridized carbons (Fsp3) is 0.324. The number of benzene rings is 2. The predicted octanol–water partition coefficient (Wildman–Crippen LogP) is 8.76. The van der Waals surface area contributed by atoms with E-state index in [-0.39, 0.29) is 35.7 Å². The van der Waals surface area contributed by atoms with Crippen LogP contribution in [0.3, 0.4) is 0 Å². The standard InChI is InChI=1S/C34H32Br3N5O5S2/c1-34(2,3)26-14-38-27(47-26)17-48-29-15-39-33(49-29)41-31(44)19-6-8-42(9-7-19)28(43)16-46-30-23(36)11-18(12-24(30)37)10-22-21-13-20(35)4-5-25(21)40-32(22)45/h4-5,10-15,19H,6-9,16-17H2,1-3H3,(H,40,45)(H,39,41,44)/b22-10+. The van der Waals surface area contributed by atoms with Gasteiger partial charge in [-0.15, -0.1) is 11.8 Å². The highest BCUT2D eigenvalue weighted by Gasteiger charge is 2.29. The zero-order valence-corrected chi connectivity index (χ0v) is 33.2. The highest BCUT2D eigenvalue weighted by atomic mass is 79.9. The average Bonchev–Trinajstić information content (AvgIpc) is 3.79. The molecule has 0 spiro atoms. The summed E-state index contributed by atoms with van der Waals surface area (Å²) in [4.78, 5) is 49.1. The second kappa shape index (κ2) is 15.1. The molecule has 256 valence electrons. The number of anilines is 2. The summed E-state index contributed by atoms with van der Waals surface area (Å²) in [7, 11) is 0. The van der Waals surface area contributed by atoms with Gasteiger partial charge in [0.15, 0.2) is 11.7 Å². The lowest BCUT2D eigenvalue weighted by atomic mass is 9.94. The summed E-state index contributed by atoms with van der Waals surface area (Å²) in [6.45, 7) is 7.01. The molecule has 0 bridgehead atoms. The first-order valence-corrected chi connectivity index (χ1v) is 19.6. The van der Waals surface area contributed by atoms with Gasteiger partial charge in [-0.1, -0.05) is 48.0 Å². The van der Waals surface area contributed by atoms with Crippen molar-refractivity contribution in [2.45, 2.75) is 49.0 Å². The van der Waals surface area contributed by atoms with E-state index in [1.165, 1.54) is 11.3 Å². The predicted molar refractivity (Wildman–Crippen MR) is 203 cm³/mol. The summed E-state index contributed by atoms with van der Waals surface area (Å²) >= 11 is 13.6. The van der Waals surface area contributed by atoms with Crippen LogP contribution in [-0.4, -0.2) is 52.3 Å².